The zero-order valence-electron chi connectivity index (χ0n) is 11.4. The van der Waals surface area contributed by atoms with Crippen molar-refractivity contribution in [1.82, 2.24) is 0 Å². The molecule has 5 nitrogen and oxygen atoms in total. The average Bonchev–Trinajstić information content (AvgIpc) is 2.34. The van der Waals surface area contributed by atoms with Gasteiger partial charge in [0.05, 0.1) is 11.3 Å². The Balaban J connectivity index is 3.07. The fourth-order valence-electron chi connectivity index (χ4n) is 1.81. The SMILES string of the molecule is CCN(CC(C)(C)O)c1ccc(/C(N)=N/O)cc1Br. The van der Waals surface area contributed by atoms with Crippen LogP contribution < -0.4 is 10.6 Å². The summed E-state index contributed by atoms with van der Waals surface area (Å²) in [5.41, 5.74) is 6.37. The summed E-state index contributed by atoms with van der Waals surface area (Å²) in [5, 5.41) is 21.6. The van der Waals surface area contributed by atoms with E-state index in [9.17, 15) is 5.11 Å². The maximum atomic E-state index is 9.92. The Morgan fingerprint density at radius 1 is 1.47 bits per heavy atom. The topological polar surface area (TPSA) is 82.1 Å². The minimum atomic E-state index is -0.778. The second kappa shape index (κ2) is 6.25. The predicted octanol–water partition coefficient (Wildman–Crippen LogP) is 2.14. The molecule has 0 aliphatic heterocycles. The Bertz CT molecular complexity index is 469. The highest BCUT2D eigenvalue weighted by Crippen LogP contribution is 2.28. The molecule has 0 saturated carbocycles. The molecule has 0 atom stereocenters. The minimum absolute atomic E-state index is 0.0674. The van der Waals surface area contributed by atoms with E-state index in [0.717, 1.165) is 16.7 Å². The Labute approximate surface area is 121 Å². The molecule has 0 heterocycles. The summed E-state index contributed by atoms with van der Waals surface area (Å²) in [6.07, 6.45) is 0. The smallest absolute Gasteiger partial charge is 0.170 e. The van der Waals surface area contributed by atoms with Crippen molar-refractivity contribution in [3.8, 4) is 0 Å². The molecule has 0 aliphatic carbocycles. The first-order valence-electron chi connectivity index (χ1n) is 6.03. The van der Waals surface area contributed by atoms with E-state index in [4.69, 9.17) is 10.9 Å². The lowest BCUT2D eigenvalue weighted by Gasteiger charge is -2.30. The number of likely N-dealkylation sites (N-methyl/N-ethyl adjacent to an activating group) is 1. The van der Waals surface area contributed by atoms with E-state index in [1.165, 1.54) is 0 Å². The Morgan fingerprint density at radius 2 is 2.11 bits per heavy atom. The Morgan fingerprint density at radius 3 is 2.53 bits per heavy atom. The lowest BCUT2D eigenvalue weighted by molar-refractivity contribution is 0.0875. The van der Waals surface area contributed by atoms with Gasteiger partial charge in [0.15, 0.2) is 5.84 Å². The number of hydrogen-bond acceptors (Lipinski definition) is 4. The molecule has 0 amide bonds. The van der Waals surface area contributed by atoms with Gasteiger partial charge in [-0.05, 0) is 54.9 Å². The Kier molecular flexibility index (Phi) is 5.20. The number of aliphatic hydroxyl groups is 1. The molecule has 0 fully saturated rings. The van der Waals surface area contributed by atoms with Gasteiger partial charge >= 0.3 is 0 Å². The molecular weight excluding hydrogens is 310 g/mol. The number of amidine groups is 1. The summed E-state index contributed by atoms with van der Waals surface area (Å²) < 4.78 is 0.836. The molecule has 0 aromatic heterocycles. The fraction of sp³-hybridized carbons (Fsp3) is 0.462. The second-order valence-electron chi connectivity index (χ2n) is 4.98. The third-order valence-electron chi connectivity index (χ3n) is 2.65. The van der Waals surface area contributed by atoms with Crippen LogP contribution in [0, 0.1) is 0 Å². The molecule has 19 heavy (non-hydrogen) atoms. The third-order valence-corrected chi connectivity index (χ3v) is 3.29. The van der Waals surface area contributed by atoms with Gasteiger partial charge < -0.3 is 20.9 Å². The van der Waals surface area contributed by atoms with Crippen molar-refractivity contribution >= 4 is 27.5 Å². The number of nitrogens with zero attached hydrogens (tertiary/aromatic N) is 2. The average molecular weight is 330 g/mol. The molecule has 6 heteroatoms. The van der Waals surface area contributed by atoms with Crippen molar-refractivity contribution in [2.45, 2.75) is 26.4 Å². The van der Waals surface area contributed by atoms with Crippen LogP contribution in [-0.2, 0) is 0 Å². The highest BCUT2D eigenvalue weighted by Gasteiger charge is 2.19. The molecule has 0 aliphatic rings. The molecule has 4 N–H and O–H groups in total. The second-order valence-corrected chi connectivity index (χ2v) is 5.83. The molecule has 0 unspecified atom stereocenters. The van der Waals surface area contributed by atoms with Crippen LogP contribution in [0.1, 0.15) is 26.3 Å². The van der Waals surface area contributed by atoms with Gasteiger partial charge in [0.25, 0.3) is 0 Å². The van der Waals surface area contributed by atoms with Crippen LogP contribution in [0.3, 0.4) is 0 Å². The molecule has 0 saturated heterocycles. The first-order chi connectivity index (χ1) is 8.78. The summed E-state index contributed by atoms with van der Waals surface area (Å²) in [5.74, 6) is 0.0674. The quantitative estimate of drug-likeness (QED) is 0.334. The fourth-order valence-corrected chi connectivity index (χ4v) is 2.44. The van der Waals surface area contributed by atoms with Crippen LogP contribution in [0.15, 0.2) is 27.8 Å². The van der Waals surface area contributed by atoms with Crippen LogP contribution in [-0.4, -0.2) is 34.8 Å². The number of halogens is 1. The lowest BCUT2D eigenvalue weighted by atomic mass is 10.1. The largest absolute Gasteiger partial charge is 0.409 e. The molecule has 0 bridgehead atoms. The van der Waals surface area contributed by atoms with E-state index in [1.807, 2.05) is 13.0 Å². The van der Waals surface area contributed by atoms with Gasteiger partial charge in [-0.1, -0.05) is 5.16 Å². The van der Waals surface area contributed by atoms with Crippen LogP contribution in [0.25, 0.3) is 0 Å². The van der Waals surface area contributed by atoms with Crippen LogP contribution in [0.5, 0.6) is 0 Å². The van der Waals surface area contributed by atoms with E-state index in [0.29, 0.717) is 12.1 Å². The first kappa shape index (κ1) is 15.8. The molecule has 0 radical (unpaired) electrons. The lowest BCUT2D eigenvalue weighted by Crippen LogP contribution is -2.38. The van der Waals surface area contributed by atoms with E-state index < -0.39 is 5.60 Å². The summed E-state index contributed by atoms with van der Waals surface area (Å²) in [4.78, 5) is 2.06. The van der Waals surface area contributed by atoms with Crippen LogP contribution in [0.2, 0.25) is 0 Å². The number of hydrogen-bond donors (Lipinski definition) is 3. The Hall–Kier alpha value is -1.27. The molecule has 1 aromatic rings. The number of benzene rings is 1. The van der Waals surface area contributed by atoms with Crippen molar-refractivity contribution in [2.75, 3.05) is 18.0 Å². The van der Waals surface area contributed by atoms with E-state index >= 15 is 0 Å². The zero-order valence-corrected chi connectivity index (χ0v) is 13.0. The van der Waals surface area contributed by atoms with E-state index in [-0.39, 0.29) is 5.84 Å². The predicted molar refractivity (Wildman–Crippen MR) is 80.8 cm³/mol. The first-order valence-corrected chi connectivity index (χ1v) is 6.82. The number of nitrogens with two attached hydrogens (primary N) is 1. The standard InChI is InChI=1S/C13H20BrN3O2/c1-4-17(8-13(2,3)18)11-6-5-9(7-10(11)14)12(15)16-19/h5-7,18-19H,4,8H2,1-3H3,(H2,15,16). The molecule has 0 spiro atoms. The van der Waals surface area contributed by atoms with Gasteiger partial charge in [0, 0.05) is 23.1 Å². The zero-order chi connectivity index (χ0) is 14.6. The van der Waals surface area contributed by atoms with E-state index in [1.54, 1.807) is 26.0 Å². The third kappa shape index (κ3) is 4.40. The maximum Gasteiger partial charge on any atom is 0.170 e. The summed E-state index contributed by atoms with van der Waals surface area (Å²) in [7, 11) is 0. The van der Waals surface area contributed by atoms with Gasteiger partial charge in [0.2, 0.25) is 0 Å². The summed E-state index contributed by atoms with van der Waals surface area (Å²) >= 11 is 3.48. The van der Waals surface area contributed by atoms with Crippen LogP contribution >= 0.6 is 15.9 Å². The van der Waals surface area contributed by atoms with Gasteiger partial charge in [-0.3, -0.25) is 0 Å². The van der Waals surface area contributed by atoms with Crippen molar-refractivity contribution in [3.63, 3.8) is 0 Å². The highest BCUT2D eigenvalue weighted by molar-refractivity contribution is 9.10. The van der Waals surface area contributed by atoms with Gasteiger partial charge in [-0.2, -0.15) is 0 Å². The van der Waals surface area contributed by atoms with Gasteiger partial charge in [-0.15, -0.1) is 0 Å². The number of rotatable bonds is 5. The van der Waals surface area contributed by atoms with Gasteiger partial charge in [-0.25, -0.2) is 0 Å². The molecule has 1 aromatic carbocycles. The molecule has 106 valence electrons. The summed E-state index contributed by atoms with van der Waals surface area (Å²) in [6, 6.07) is 5.45. The number of anilines is 1. The molecule has 1 rings (SSSR count). The van der Waals surface area contributed by atoms with Crippen molar-refractivity contribution in [2.24, 2.45) is 10.9 Å². The monoisotopic (exact) mass is 329 g/mol. The van der Waals surface area contributed by atoms with Crippen molar-refractivity contribution in [3.05, 3.63) is 28.2 Å². The number of oxime groups is 1. The molecular formula is C13H20BrN3O2. The van der Waals surface area contributed by atoms with Crippen molar-refractivity contribution in [1.29, 1.82) is 0 Å². The summed E-state index contributed by atoms with van der Waals surface area (Å²) in [6.45, 7) is 6.86. The minimum Gasteiger partial charge on any atom is -0.409 e. The van der Waals surface area contributed by atoms with Crippen LogP contribution in [0.4, 0.5) is 5.69 Å². The van der Waals surface area contributed by atoms with Crippen molar-refractivity contribution < 1.29 is 10.3 Å². The normalized spacial score (nSPS) is 12.6. The highest BCUT2D eigenvalue weighted by atomic mass is 79.9. The van der Waals surface area contributed by atoms with Gasteiger partial charge in [0.1, 0.15) is 0 Å². The van der Waals surface area contributed by atoms with E-state index in [2.05, 4.69) is 26.0 Å². The maximum absolute atomic E-state index is 9.92.